The molecule has 1 aliphatic rings. The molecule has 3 heterocycles. The Kier molecular flexibility index (Phi) is 7.79. The summed E-state index contributed by atoms with van der Waals surface area (Å²) in [5, 5.41) is 3.81. The second kappa shape index (κ2) is 11.2. The fraction of sp³-hybridized carbons (Fsp3) is 0.345. The smallest absolute Gasteiger partial charge is 0.263 e. The Morgan fingerprint density at radius 2 is 1.84 bits per heavy atom. The minimum absolute atomic E-state index is 0.0268. The number of fused-ring (bicyclic) bond motifs is 3. The summed E-state index contributed by atoms with van der Waals surface area (Å²) < 4.78 is 7.83. The summed E-state index contributed by atoms with van der Waals surface area (Å²) in [5.41, 5.74) is 2.96. The number of thioether (sulfide) groups is 1. The van der Waals surface area contributed by atoms with Gasteiger partial charge in [0, 0.05) is 23.5 Å². The van der Waals surface area contributed by atoms with Crippen molar-refractivity contribution in [2.24, 2.45) is 5.92 Å². The number of para-hydroxylation sites is 1. The number of aromatic nitrogens is 2. The first-order valence-corrected chi connectivity index (χ1v) is 14.3. The number of thiophene rings is 1. The van der Waals surface area contributed by atoms with Gasteiger partial charge in [0.2, 0.25) is 5.91 Å². The molecule has 5 rings (SSSR count). The van der Waals surface area contributed by atoms with E-state index in [4.69, 9.17) is 9.72 Å². The molecule has 37 heavy (non-hydrogen) atoms. The molecule has 0 radical (unpaired) electrons. The van der Waals surface area contributed by atoms with Gasteiger partial charge < -0.3 is 10.1 Å². The van der Waals surface area contributed by atoms with Crippen LogP contribution in [-0.4, -0.2) is 26.8 Å². The highest BCUT2D eigenvalue weighted by atomic mass is 32.2. The molecule has 2 aromatic carbocycles. The monoisotopic (exact) mass is 533 g/mol. The van der Waals surface area contributed by atoms with E-state index in [1.165, 1.54) is 23.1 Å². The molecule has 4 aromatic rings. The molecule has 0 unspecified atom stereocenters. The highest BCUT2D eigenvalue weighted by molar-refractivity contribution is 8.00. The van der Waals surface area contributed by atoms with Crippen LogP contribution >= 0.6 is 23.1 Å². The Labute approximate surface area is 225 Å². The lowest BCUT2D eigenvalue weighted by molar-refractivity contribution is -0.115. The van der Waals surface area contributed by atoms with Crippen LogP contribution in [0.15, 0.2) is 70.6 Å². The Morgan fingerprint density at radius 1 is 1.14 bits per heavy atom. The quantitative estimate of drug-likeness (QED) is 0.225. The first-order chi connectivity index (χ1) is 17.9. The predicted octanol–water partition coefficient (Wildman–Crippen LogP) is 5.92. The molecule has 1 amide bonds. The molecule has 2 aromatic heterocycles. The van der Waals surface area contributed by atoms with Crippen molar-refractivity contribution in [2.75, 3.05) is 5.32 Å². The van der Waals surface area contributed by atoms with E-state index in [0.717, 1.165) is 32.9 Å². The van der Waals surface area contributed by atoms with Gasteiger partial charge in [-0.2, -0.15) is 0 Å². The van der Waals surface area contributed by atoms with Crippen LogP contribution in [-0.2, 0) is 35.5 Å². The van der Waals surface area contributed by atoms with E-state index in [-0.39, 0.29) is 17.6 Å². The number of ether oxygens (including phenoxy) is 1. The largest absolute Gasteiger partial charge is 0.372 e. The van der Waals surface area contributed by atoms with E-state index in [2.05, 4.69) is 31.3 Å². The number of carbonyl (C=O) groups excluding carboxylic acids is 1. The molecular formula is C29H31N3O3S2. The van der Waals surface area contributed by atoms with Crippen molar-refractivity contribution in [2.45, 2.75) is 63.3 Å². The number of nitrogens with one attached hydrogen (secondary N) is 1. The molecule has 8 heteroatoms. The van der Waals surface area contributed by atoms with Crippen molar-refractivity contribution >= 4 is 44.9 Å². The van der Waals surface area contributed by atoms with E-state index in [0.29, 0.717) is 36.0 Å². The van der Waals surface area contributed by atoms with Crippen molar-refractivity contribution in [1.82, 2.24) is 9.55 Å². The Morgan fingerprint density at radius 3 is 2.54 bits per heavy atom. The normalized spacial score (nSPS) is 16.1. The minimum atomic E-state index is -0.434. The molecule has 0 fully saturated rings. The number of hydrogen-bond acceptors (Lipinski definition) is 6. The summed E-state index contributed by atoms with van der Waals surface area (Å²) >= 11 is 2.87. The molecular weight excluding hydrogens is 502 g/mol. The lowest BCUT2D eigenvalue weighted by Gasteiger charge is -2.26. The lowest BCUT2D eigenvalue weighted by atomic mass is 9.96. The van der Waals surface area contributed by atoms with Crippen LogP contribution in [0.3, 0.4) is 0 Å². The number of anilines is 1. The average Bonchev–Trinajstić information content (AvgIpc) is 3.27. The molecule has 0 saturated heterocycles. The van der Waals surface area contributed by atoms with Crippen LogP contribution in [0, 0.1) is 5.92 Å². The zero-order valence-electron chi connectivity index (χ0n) is 21.3. The van der Waals surface area contributed by atoms with Gasteiger partial charge in [-0.1, -0.05) is 74.1 Å². The third kappa shape index (κ3) is 5.66. The molecule has 0 saturated carbocycles. The standard InChI is InChI=1S/C29H31N3O3S2/c1-18(2)23-16-22-24(17-35-23)37-27-25(22)28(34)32(15-14-20-10-6-4-7-11-20)29(31-27)36-19(3)26(33)30-21-12-8-5-9-13-21/h4-13,18-19,23H,14-17H2,1-3H3,(H,30,33)/t19-,23+/m0/s1. The molecule has 1 N–H and O–H groups in total. The number of aryl methyl sites for hydroxylation is 1. The first-order valence-electron chi connectivity index (χ1n) is 12.6. The molecule has 0 aliphatic carbocycles. The Hall–Kier alpha value is -2.94. The molecule has 1 aliphatic heterocycles. The van der Waals surface area contributed by atoms with Gasteiger partial charge in [0.25, 0.3) is 5.56 Å². The zero-order chi connectivity index (χ0) is 25.9. The van der Waals surface area contributed by atoms with Crippen LogP contribution in [0.5, 0.6) is 0 Å². The number of hydrogen-bond donors (Lipinski definition) is 1. The van der Waals surface area contributed by atoms with Crippen molar-refractivity contribution < 1.29 is 9.53 Å². The lowest BCUT2D eigenvalue weighted by Crippen LogP contribution is -2.29. The van der Waals surface area contributed by atoms with Crippen LogP contribution < -0.4 is 10.9 Å². The second-order valence-electron chi connectivity index (χ2n) is 9.68. The molecule has 2 atom stereocenters. The summed E-state index contributed by atoms with van der Waals surface area (Å²) in [5.74, 6) is 0.244. The summed E-state index contributed by atoms with van der Waals surface area (Å²) in [6, 6.07) is 19.5. The van der Waals surface area contributed by atoms with Gasteiger partial charge in [0.1, 0.15) is 4.83 Å². The van der Waals surface area contributed by atoms with Gasteiger partial charge in [-0.05, 0) is 42.5 Å². The van der Waals surface area contributed by atoms with E-state index in [1.807, 2.05) is 55.5 Å². The molecule has 0 bridgehead atoms. The Balaban J connectivity index is 1.50. The zero-order valence-corrected chi connectivity index (χ0v) is 22.9. The van der Waals surface area contributed by atoms with Gasteiger partial charge in [-0.15, -0.1) is 11.3 Å². The van der Waals surface area contributed by atoms with Crippen molar-refractivity contribution in [1.29, 1.82) is 0 Å². The van der Waals surface area contributed by atoms with E-state index >= 15 is 0 Å². The highest BCUT2D eigenvalue weighted by Gasteiger charge is 2.29. The molecule has 6 nitrogen and oxygen atoms in total. The first kappa shape index (κ1) is 25.7. The number of nitrogens with zero attached hydrogens (tertiary/aromatic N) is 2. The second-order valence-corrected chi connectivity index (χ2v) is 12.1. The van der Waals surface area contributed by atoms with Gasteiger partial charge >= 0.3 is 0 Å². The van der Waals surface area contributed by atoms with E-state index in [9.17, 15) is 9.59 Å². The molecule has 0 spiro atoms. The van der Waals surface area contributed by atoms with Crippen LogP contribution in [0.4, 0.5) is 5.69 Å². The maximum Gasteiger partial charge on any atom is 0.263 e. The van der Waals surface area contributed by atoms with Gasteiger partial charge in [0.05, 0.1) is 23.3 Å². The predicted molar refractivity (Wildman–Crippen MR) is 152 cm³/mol. The van der Waals surface area contributed by atoms with Crippen molar-refractivity contribution in [3.05, 3.63) is 87.0 Å². The fourth-order valence-electron chi connectivity index (χ4n) is 4.52. The van der Waals surface area contributed by atoms with Gasteiger partial charge in [-0.3, -0.25) is 14.2 Å². The summed E-state index contributed by atoms with van der Waals surface area (Å²) in [4.78, 5) is 33.7. The van der Waals surface area contributed by atoms with E-state index in [1.54, 1.807) is 4.57 Å². The topological polar surface area (TPSA) is 73.2 Å². The third-order valence-electron chi connectivity index (χ3n) is 6.70. The SMILES string of the molecule is CC(C)[C@H]1Cc2c(sc3nc(S[C@@H](C)C(=O)Nc4ccccc4)n(CCc4ccccc4)c(=O)c23)CO1. The number of rotatable bonds is 8. The minimum Gasteiger partial charge on any atom is -0.372 e. The summed E-state index contributed by atoms with van der Waals surface area (Å²) in [6.45, 7) is 7.16. The van der Waals surface area contributed by atoms with Crippen LogP contribution in [0.25, 0.3) is 10.2 Å². The highest BCUT2D eigenvalue weighted by Crippen LogP contribution is 2.36. The maximum atomic E-state index is 14.0. The molecule has 192 valence electrons. The maximum absolute atomic E-state index is 14.0. The summed E-state index contributed by atoms with van der Waals surface area (Å²) in [6.07, 6.45) is 1.53. The van der Waals surface area contributed by atoms with Crippen LogP contribution in [0.1, 0.15) is 36.8 Å². The number of amides is 1. The number of benzene rings is 2. The van der Waals surface area contributed by atoms with Crippen LogP contribution in [0.2, 0.25) is 0 Å². The number of carbonyl (C=O) groups is 1. The fourth-order valence-corrected chi connectivity index (χ4v) is 6.62. The Bertz CT molecular complexity index is 1450. The van der Waals surface area contributed by atoms with E-state index < -0.39 is 5.25 Å². The van der Waals surface area contributed by atoms with Gasteiger partial charge in [-0.25, -0.2) is 4.98 Å². The van der Waals surface area contributed by atoms with Gasteiger partial charge in [0.15, 0.2) is 5.16 Å². The van der Waals surface area contributed by atoms with Crippen molar-refractivity contribution in [3.63, 3.8) is 0 Å². The van der Waals surface area contributed by atoms with Crippen molar-refractivity contribution in [3.8, 4) is 0 Å². The summed E-state index contributed by atoms with van der Waals surface area (Å²) in [7, 11) is 0. The third-order valence-corrected chi connectivity index (χ3v) is 8.89. The average molecular weight is 534 g/mol.